The number of hydrogen-bond acceptors (Lipinski definition) is 2. The molecule has 2 aromatic rings. The lowest BCUT2D eigenvalue weighted by Crippen LogP contribution is -1.93. The first-order valence-electron chi connectivity index (χ1n) is 5.58. The van der Waals surface area contributed by atoms with Gasteiger partial charge in [-0.25, -0.2) is 4.98 Å². The number of benzene rings is 1. The number of rotatable bonds is 3. The van der Waals surface area contributed by atoms with Crippen molar-refractivity contribution in [3.8, 4) is 11.3 Å². The number of nitrogens with zero attached hydrogens (tertiary/aromatic N) is 1. The predicted molar refractivity (Wildman–Crippen MR) is 83.8 cm³/mol. The molecule has 0 fully saturated rings. The zero-order chi connectivity index (χ0) is 13.3. The van der Waals surface area contributed by atoms with E-state index in [1.807, 2.05) is 18.2 Å². The van der Waals surface area contributed by atoms with Gasteiger partial charge in [0.1, 0.15) is 0 Å². The fourth-order valence-electron chi connectivity index (χ4n) is 1.70. The maximum Gasteiger partial charge on any atom is 0.160 e. The third-order valence-electron chi connectivity index (χ3n) is 2.46. The summed E-state index contributed by atoms with van der Waals surface area (Å²) < 4.78 is 0.902. The first-order valence-corrected chi connectivity index (χ1v) is 7.94. The molecule has 0 bridgehead atoms. The normalized spacial score (nSPS) is 11.2. The second kappa shape index (κ2) is 5.91. The second-order valence-corrected chi connectivity index (χ2v) is 7.64. The summed E-state index contributed by atoms with van der Waals surface area (Å²) in [6.45, 7) is 4.40. The molecule has 5 heteroatoms. The van der Waals surface area contributed by atoms with Crippen LogP contribution in [-0.4, -0.2) is 4.98 Å². The third kappa shape index (κ3) is 3.27. The van der Waals surface area contributed by atoms with Crippen LogP contribution in [0.1, 0.15) is 18.7 Å². The Labute approximate surface area is 129 Å². The molecule has 0 atom stereocenters. The van der Waals surface area contributed by atoms with Crippen LogP contribution in [0.25, 0.3) is 11.3 Å². The smallest absolute Gasteiger partial charge is 0.160 e. The van der Waals surface area contributed by atoms with Crippen molar-refractivity contribution in [1.82, 2.24) is 4.98 Å². The van der Waals surface area contributed by atoms with E-state index >= 15 is 0 Å². The van der Waals surface area contributed by atoms with Crippen LogP contribution in [0, 0.1) is 5.92 Å². The van der Waals surface area contributed by atoms with E-state index in [1.165, 1.54) is 4.88 Å². The first-order chi connectivity index (χ1) is 8.47. The molecule has 0 aliphatic carbocycles. The molecule has 0 saturated carbocycles. The van der Waals surface area contributed by atoms with Crippen molar-refractivity contribution >= 4 is 50.5 Å². The molecular formula is C13H12BrCl2NS. The largest absolute Gasteiger partial charge is 0.229 e. The van der Waals surface area contributed by atoms with Crippen LogP contribution in [0.3, 0.4) is 0 Å². The zero-order valence-corrected chi connectivity index (χ0v) is 13.9. The first kappa shape index (κ1) is 14.3. The highest BCUT2D eigenvalue weighted by molar-refractivity contribution is 9.11. The van der Waals surface area contributed by atoms with Gasteiger partial charge >= 0.3 is 0 Å². The number of halogens is 3. The monoisotopic (exact) mass is 363 g/mol. The molecule has 1 aromatic heterocycles. The highest BCUT2D eigenvalue weighted by Crippen LogP contribution is 2.35. The summed E-state index contributed by atoms with van der Waals surface area (Å²) >= 11 is 17.1. The van der Waals surface area contributed by atoms with Gasteiger partial charge < -0.3 is 0 Å². The van der Waals surface area contributed by atoms with Crippen LogP contribution < -0.4 is 0 Å². The van der Waals surface area contributed by atoms with E-state index in [9.17, 15) is 0 Å². The van der Waals surface area contributed by atoms with Gasteiger partial charge in [-0.2, -0.15) is 0 Å². The fraction of sp³-hybridized carbons (Fsp3) is 0.308. The molecule has 0 N–H and O–H groups in total. The van der Waals surface area contributed by atoms with Crippen molar-refractivity contribution in [2.75, 3.05) is 0 Å². The van der Waals surface area contributed by atoms with Crippen LogP contribution in [-0.2, 0) is 6.42 Å². The average molecular weight is 365 g/mol. The van der Waals surface area contributed by atoms with Gasteiger partial charge in [0.25, 0.3) is 0 Å². The molecule has 0 amide bonds. The topological polar surface area (TPSA) is 12.9 Å². The molecule has 0 saturated heterocycles. The summed E-state index contributed by atoms with van der Waals surface area (Å²) in [7, 11) is 0. The predicted octanol–water partition coefficient (Wildman–Crippen LogP) is 6.08. The average Bonchev–Trinajstić information content (AvgIpc) is 2.62. The molecular weight excluding hydrogens is 353 g/mol. The van der Waals surface area contributed by atoms with Gasteiger partial charge in [-0.15, -0.1) is 11.3 Å². The molecule has 0 radical (unpaired) electrons. The lowest BCUT2D eigenvalue weighted by molar-refractivity contribution is 0.654. The highest BCUT2D eigenvalue weighted by Gasteiger charge is 2.14. The van der Waals surface area contributed by atoms with E-state index in [1.54, 1.807) is 11.3 Å². The van der Waals surface area contributed by atoms with Gasteiger partial charge in [-0.05, 0) is 40.4 Å². The quantitative estimate of drug-likeness (QED) is 0.643. The van der Waals surface area contributed by atoms with E-state index in [0.717, 1.165) is 21.6 Å². The number of aromatic nitrogens is 1. The molecule has 0 unspecified atom stereocenters. The minimum Gasteiger partial charge on any atom is -0.229 e. The van der Waals surface area contributed by atoms with Crippen LogP contribution >= 0.6 is 50.5 Å². The Balaban J connectivity index is 2.45. The van der Waals surface area contributed by atoms with E-state index < -0.39 is 0 Å². The summed E-state index contributed by atoms with van der Waals surface area (Å²) in [5.41, 5.74) is 2.01. The van der Waals surface area contributed by atoms with Crippen LogP contribution in [0.4, 0.5) is 0 Å². The summed E-state index contributed by atoms with van der Waals surface area (Å²) in [6.07, 6.45) is 1.01. The maximum atomic E-state index is 6.06. The van der Waals surface area contributed by atoms with Gasteiger partial charge in [0.2, 0.25) is 0 Å². The Morgan fingerprint density at radius 3 is 2.61 bits per heavy atom. The summed E-state index contributed by atoms with van der Waals surface area (Å²) in [5, 5.41) is 1.13. The van der Waals surface area contributed by atoms with Crippen LogP contribution in [0.2, 0.25) is 10.0 Å². The minimum atomic E-state index is 0.564. The van der Waals surface area contributed by atoms with Gasteiger partial charge in [0.05, 0.1) is 15.7 Å². The standard InChI is InChI=1S/C13H12BrCl2NS/c1-7(2)5-11-12(17-13(14)18-11)8-3-4-9(15)10(16)6-8/h3-4,6-7H,5H2,1-2H3. The van der Waals surface area contributed by atoms with Gasteiger partial charge in [0.15, 0.2) is 3.92 Å². The van der Waals surface area contributed by atoms with Crippen LogP contribution in [0.15, 0.2) is 22.1 Å². The number of thiazole rings is 1. The van der Waals surface area contributed by atoms with E-state index in [4.69, 9.17) is 23.2 Å². The Kier molecular flexibility index (Phi) is 4.70. The molecule has 96 valence electrons. The Morgan fingerprint density at radius 2 is 2.00 bits per heavy atom. The Bertz CT molecular complexity index is 566. The van der Waals surface area contributed by atoms with Crippen molar-refractivity contribution < 1.29 is 0 Å². The van der Waals surface area contributed by atoms with Crippen molar-refractivity contribution in [2.24, 2.45) is 5.92 Å². The van der Waals surface area contributed by atoms with Crippen LogP contribution in [0.5, 0.6) is 0 Å². The maximum absolute atomic E-state index is 6.06. The summed E-state index contributed by atoms with van der Waals surface area (Å²) in [5.74, 6) is 0.596. The molecule has 0 aliphatic heterocycles. The lowest BCUT2D eigenvalue weighted by Gasteiger charge is -2.06. The van der Waals surface area contributed by atoms with E-state index in [-0.39, 0.29) is 0 Å². The van der Waals surface area contributed by atoms with Crippen molar-refractivity contribution in [1.29, 1.82) is 0 Å². The Morgan fingerprint density at radius 1 is 1.28 bits per heavy atom. The molecule has 1 heterocycles. The molecule has 0 spiro atoms. The van der Waals surface area contributed by atoms with Crippen molar-refractivity contribution in [3.05, 3.63) is 37.0 Å². The van der Waals surface area contributed by atoms with Gasteiger partial charge in [0, 0.05) is 10.4 Å². The van der Waals surface area contributed by atoms with Gasteiger partial charge in [-0.1, -0.05) is 43.1 Å². The molecule has 1 nitrogen and oxygen atoms in total. The molecule has 2 rings (SSSR count). The molecule has 1 aromatic carbocycles. The number of hydrogen-bond donors (Lipinski definition) is 0. The fourth-order valence-corrected chi connectivity index (χ4v) is 3.78. The lowest BCUT2D eigenvalue weighted by atomic mass is 10.1. The highest BCUT2D eigenvalue weighted by atomic mass is 79.9. The third-order valence-corrected chi connectivity index (χ3v) is 4.73. The van der Waals surface area contributed by atoms with E-state index in [0.29, 0.717) is 16.0 Å². The molecule has 18 heavy (non-hydrogen) atoms. The molecule has 0 aliphatic rings. The zero-order valence-electron chi connectivity index (χ0n) is 10.0. The van der Waals surface area contributed by atoms with Crippen molar-refractivity contribution in [3.63, 3.8) is 0 Å². The second-order valence-electron chi connectivity index (χ2n) is 4.47. The SMILES string of the molecule is CC(C)Cc1sc(Br)nc1-c1ccc(Cl)c(Cl)c1. The Hall–Kier alpha value is -0.0900. The summed E-state index contributed by atoms with van der Waals surface area (Å²) in [6, 6.07) is 5.64. The van der Waals surface area contributed by atoms with E-state index in [2.05, 4.69) is 34.8 Å². The van der Waals surface area contributed by atoms with Gasteiger partial charge in [-0.3, -0.25) is 0 Å². The van der Waals surface area contributed by atoms with Crippen molar-refractivity contribution in [2.45, 2.75) is 20.3 Å². The summed E-state index contributed by atoms with van der Waals surface area (Å²) in [4.78, 5) is 5.81. The minimum absolute atomic E-state index is 0.564.